The summed E-state index contributed by atoms with van der Waals surface area (Å²) in [5.41, 5.74) is 4.04. The lowest BCUT2D eigenvalue weighted by molar-refractivity contribution is 0.214. The van der Waals surface area contributed by atoms with Crippen LogP contribution in [0, 0.1) is 6.92 Å². The molecule has 0 radical (unpaired) electrons. The van der Waals surface area contributed by atoms with Gasteiger partial charge in [-0.15, -0.1) is 0 Å². The Morgan fingerprint density at radius 1 is 1.28 bits per heavy atom. The molecule has 0 saturated heterocycles. The van der Waals surface area contributed by atoms with Crippen molar-refractivity contribution in [1.29, 1.82) is 0 Å². The van der Waals surface area contributed by atoms with Crippen LogP contribution in [0.4, 0.5) is 0 Å². The molecular formula is C16H24N2. The van der Waals surface area contributed by atoms with Gasteiger partial charge in [0, 0.05) is 29.7 Å². The van der Waals surface area contributed by atoms with Crippen molar-refractivity contribution >= 4 is 10.9 Å². The average Bonchev–Trinajstić information content (AvgIpc) is 2.73. The highest BCUT2D eigenvalue weighted by Crippen LogP contribution is 2.23. The minimum absolute atomic E-state index is 0.596. The predicted molar refractivity (Wildman–Crippen MR) is 78.9 cm³/mol. The van der Waals surface area contributed by atoms with Crippen molar-refractivity contribution in [2.75, 3.05) is 6.54 Å². The third-order valence-corrected chi connectivity index (χ3v) is 3.61. The van der Waals surface area contributed by atoms with Crippen LogP contribution in [-0.4, -0.2) is 22.5 Å². The summed E-state index contributed by atoms with van der Waals surface area (Å²) >= 11 is 0. The van der Waals surface area contributed by atoms with Gasteiger partial charge in [-0.25, -0.2) is 0 Å². The smallest absolute Gasteiger partial charge is 0.0459 e. The van der Waals surface area contributed by atoms with Crippen LogP contribution in [0.1, 0.15) is 38.3 Å². The zero-order chi connectivity index (χ0) is 13.1. The van der Waals surface area contributed by atoms with Gasteiger partial charge in [-0.3, -0.25) is 4.90 Å². The van der Waals surface area contributed by atoms with Crippen LogP contribution < -0.4 is 0 Å². The number of aromatic amines is 1. The Morgan fingerprint density at radius 2 is 2.06 bits per heavy atom. The first kappa shape index (κ1) is 13.2. The SMILES string of the molecule is CCCN(Cc1c[nH]c2cccc(C)c12)C(C)C. The lowest BCUT2D eigenvalue weighted by atomic mass is 10.1. The number of nitrogens with zero attached hydrogens (tertiary/aromatic N) is 1. The molecule has 2 heteroatoms. The Morgan fingerprint density at radius 3 is 2.72 bits per heavy atom. The fourth-order valence-corrected chi connectivity index (χ4v) is 2.60. The molecule has 0 fully saturated rings. The quantitative estimate of drug-likeness (QED) is 0.839. The first-order valence-electron chi connectivity index (χ1n) is 6.93. The van der Waals surface area contributed by atoms with Crippen LogP contribution in [0.3, 0.4) is 0 Å². The number of hydrogen-bond acceptors (Lipinski definition) is 1. The van der Waals surface area contributed by atoms with Crippen molar-refractivity contribution in [3.8, 4) is 0 Å². The third kappa shape index (κ3) is 2.59. The van der Waals surface area contributed by atoms with Crippen LogP contribution in [0.15, 0.2) is 24.4 Å². The maximum absolute atomic E-state index is 3.39. The van der Waals surface area contributed by atoms with E-state index in [9.17, 15) is 0 Å². The Hall–Kier alpha value is -1.28. The van der Waals surface area contributed by atoms with E-state index in [2.05, 4.69) is 62.0 Å². The molecule has 0 aliphatic carbocycles. The molecule has 18 heavy (non-hydrogen) atoms. The molecule has 0 spiro atoms. The van der Waals surface area contributed by atoms with Gasteiger partial charge in [-0.2, -0.15) is 0 Å². The highest BCUT2D eigenvalue weighted by Gasteiger charge is 2.12. The molecule has 0 atom stereocenters. The number of benzene rings is 1. The topological polar surface area (TPSA) is 19.0 Å². The normalized spacial score (nSPS) is 11.9. The Bertz CT molecular complexity index is 511. The average molecular weight is 244 g/mol. The van der Waals surface area contributed by atoms with Crippen molar-refractivity contribution in [2.24, 2.45) is 0 Å². The summed E-state index contributed by atoms with van der Waals surface area (Å²) in [7, 11) is 0. The maximum atomic E-state index is 3.39. The van der Waals surface area contributed by atoms with Gasteiger partial charge in [0.15, 0.2) is 0 Å². The van der Waals surface area contributed by atoms with Gasteiger partial charge in [0.2, 0.25) is 0 Å². The molecule has 0 bridgehead atoms. The lowest BCUT2D eigenvalue weighted by Crippen LogP contribution is -2.30. The molecule has 1 N–H and O–H groups in total. The lowest BCUT2D eigenvalue weighted by Gasteiger charge is -2.25. The number of H-pyrrole nitrogens is 1. The zero-order valence-corrected chi connectivity index (χ0v) is 12.0. The van der Waals surface area contributed by atoms with Crippen molar-refractivity contribution in [3.05, 3.63) is 35.5 Å². The van der Waals surface area contributed by atoms with Gasteiger partial charge in [0.05, 0.1) is 0 Å². The van der Waals surface area contributed by atoms with E-state index in [0.29, 0.717) is 6.04 Å². The minimum atomic E-state index is 0.596. The van der Waals surface area contributed by atoms with E-state index in [4.69, 9.17) is 0 Å². The van der Waals surface area contributed by atoms with Gasteiger partial charge in [-0.1, -0.05) is 19.1 Å². The van der Waals surface area contributed by atoms with Crippen LogP contribution in [0.25, 0.3) is 10.9 Å². The summed E-state index contributed by atoms with van der Waals surface area (Å²) in [5.74, 6) is 0. The minimum Gasteiger partial charge on any atom is -0.361 e. The second kappa shape index (κ2) is 5.57. The summed E-state index contributed by atoms with van der Waals surface area (Å²) < 4.78 is 0. The van der Waals surface area contributed by atoms with Gasteiger partial charge >= 0.3 is 0 Å². The molecule has 2 rings (SSSR count). The molecule has 98 valence electrons. The Labute approximate surface area is 110 Å². The number of aryl methyl sites for hydroxylation is 1. The van der Waals surface area contributed by atoms with Gasteiger partial charge < -0.3 is 4.98 Å². The molecule has 0 aliphatic rings. The molecule has 1 aromatic carbocycles. The second-order valence-corrected chi connectivity index (χ2v) is 5.38. The summed E-state index contributed by atoms with van der Waals surface area (Å²) in [5, 5.41) is 1.40. The zero-order valence-electron chi connectivity index (χ0n) is 12.0. The van der Waals surface area contributed by atoms with Crippen molar-refractivity contribution in [2.45, 2.75) is 46.7 Å². The molecular weight excluding hydrogens is 220 g/mol. The van der Waals surface area contributed by atoms with E-state index in [0.717, 1.165) is 13.1 Å². The second-order valence-electron chi connectivity index (χ2n) is 5.38. The first-order valence-corrected chi connectivity index (χ1v) is 6.93. The van der Waals surface area contributed by atoms with Gasteiger partial charge in [0.1, 0.15) is 0 Å². The third-order valence-electron chi connectivity index (χ3n) is 3.61. The van der Waals surface area contributed by atoms with Crippen LogP contribution >= 0.6 is 0 Å². The van der Waals surface area contributed by atoms with Crippen LogP contribution in [0.2, 0.25) is 0 Å². The summed E-state index contributed by atoms with van der Waals surface area (Å²) in [4.78, 5) is 5.93. The molecule has 0 aliphatic heterocycles. The predicted octanol–water partition coefficient (Wildman–Crippen LogP) is 4.10. The summed E-state index contributed by atoms with van der Waals surface area (Å²) in [6.45, 7) is 11.2. The standard InChI is InChI=1S/C16H24N2/c1-5-9-18(12(2)3)11-14-10-17-15-8-6-7-13(4)16(14)15/h6-8,10,12,17H,5,9,11H2,1-4H3. The Kier molecular flexibility index (Phi) is 4.07. The number of rotatable bonds is 5. The summed E-state index contributed by atoms with van der Waals surface area (Å²) in [6, 6.07) is 7.06. The van der Waals surface area contributed by atoms with Crippen molar-refractivity contribution in [1.82, 2.24) is 9.88 Å². The molecule has 0 amide bonds. The highest BCUT2D eigenvalue weighted by molar-refractivity contribution is 5.86. The molecule has 1 aromatic heterocycles. The van der Waals surface area contributed by atoms with Gasteiger partial charge in [0.25, 0.3) is 0 Å². The number of hydrogen-bond donors (Lipinski definition) is 1. The van der Waals surface area contributed by atoms with E-state index in [1.54, 1.807) is 0 Å². The maximum Gasteiger partial charge on any atom is 0.0459 e. The van der Waals surface area contributed by atoms with Crippen molar-refractivity contribution < 1.29 is 0 Å². The molecule has 0 saturated carbocycles. The van der Waals surface area contributed by atoms with E-state index >= 15 is 0 Å². The molecule has 0 unspecified atom stereocenters. The summed E-state index contributed by atoms with van der Waals surface area (Å²) in [6.07, 6.45) is 3.38. The Balaban J connectivity index is 2.31. The fraction of sp³-hybridized carbons (Fsp3) is 0.500. The van der Waals surface area contributed by atoms with E-state index in [1.807, 2.05) is 0 Å². The van der Waals surface area contributed by atoms with Crippen LogP contribution in [0.5, 0.6) is 0 Å². The van der Waals surface area contributed by atoms with E-state index in [1.165, 1.54) is 28.5 Å². The highest BCUT2D eigenvalue weighted by atomic mass is 15.1. The first-order chi connectivity index (χ1) is 8.63. The number of nitrogens with one attached hydrogen (secondary N) is 1. The molecule has 2 aromatic rings. The fourth-order valence-electron chi connectivity index (χ4n) is 2.60. The monoisotopic (exact) mass is 244 g/mol. The van der Waals surface area contributed by atoms with E-state index in [-0.39, 0.29) is 0 Å². The molecule has 2 nitrogen and oxygen atoms in total. The molecule has 1 heterocycles. The van der Waals surface area contributed by atoms with Gasteiger partial charge in [-0.05, 0) is 50.9 Å². The van der Waals surface area contributed by atoms with Crippen LogP contribution in [-0.2, 0) is 6.54 Å². The number of fused-ring (bicyclic) bond motifs is 1. The van der Waals surface area contributed by atoms with E-state index < -0.39 is 0 Å². The van der Waals surface area contributed by atoms with Crippen molar-refractivity contribution in [3.63, 3.8) is 0 Å². The number of aromatic nitrogens is 1. The largest absolute Gasteiger partial charge is 0.361 e.